The van der Waals surface area contributed by atoms with E-state index < -0.39 is 0 Å². The van der Waals surface area contributed by atoms with Crippen molar-refractivity contribution >= 4 is 28.5 Å². The van der Waals surface area contributed by atoms with Crippen LogP contribution in [0.4, 0.5) is 5.82 Å². The zero-order valence-corrected chi connectivity index (χ0v) is 15.0. The van der Waals surface area contributed by atoms with Gasteiger partial charge in [0.1, 0.15) is 12.1 Å². The number of nitrogens with zero attached hydrogens (tertiary/aromatic N) is 6. The lowest BCUT2D eigenvalue weighted by molar-refractivity contribution is 0.840. The van der Waals surface area contributed by atoms with E-state index >= 15 is 0 Å². The van der Waals surface area contributed by atoms with Gasteiger partial charge in [0.25, 0.3) is 0 Å². The molecule has 0 atom stereocenters. The van der Waals surface area contributed by atoms with Crippen LogP contribution in [0, 0.1) is 0 Å². The smallest absolute Gasteiger partial charge is 0.168 e. The number of aromatic nitrogens is 5. The average molecular weight is 365 g/mol. The fraction of sp³-hybridized carbons (Fsp3) is 0.158. The summed E-state index contributed by atoms with van der Waals surface area (Å²) >= 11 is 5.98. The normalized spacial score (nSPS) is 11.0. The van der Waals surface area contributed by atoms with Crippen molar-refractivity contribution in [2.75, 3.05) is 18.5 Å². The molecule has 0 N–H and O–H groups in total. The molecule has 7 heteroatoms. The highest BCUT2D eigenvalue weighted by molar-refractivity contribution is 6.30. The van der Waals surface area contributed by atoms with E-state index in [1.165, 1.54) is 0 Å². The van der Waals surface area contributed by atoms with Crippen LogP contribution in [-0.2, 0) is 6.42 Å². The Labute approximate surface area is 156 Å². The third-order valence-corrected chi connectivity index (χ3v) is 4.46. The van der Waals surface area contributed by atoms with Crippen LogP contribution in [0.5, 0.6) is 0 Å². The minimum atomic E-state index is 0.690. The Bertz CT molecular complexity index is 1010. The molecule has 0 saturated carbocycles. The molecule has 130 valence electrons. The Morgan fingerprint density at radius 2 is 1.88 bits per heavy atom. The van der Waals surface area contributed by atoms with Gasteiger partial charge in [-0.15, -0.1) is 0 Å². The van der Waals surface area contributed by atoms with Gasteiger partial charge in [-0.1, -0.05) is 17.7 Å². The van der Waals surface area contributed by atoms with Gasteiger partial charge in [0.05, 0.1) is 17.3 Å². The van der Waals surface area contributed by atoms with E-state index in [4.69, 9.17) is 11.6 Å². The number of benzene rings is 1. The first-order chi connectivity index (χ1) is 12.7. The van der Waals surface area contributed by atoms with Gasteiger partial charge in [-0.2, -0.15) is 5.10 Å². The molecule has 1 aromatic carbocycles. The first kappa shape index (κ1) is 16.5. The van der Waals surface area contributed by atoms with Crippen LogP contribution >= 0.6 is 11.6 Å². The number of pyridine rings is 1. The Kier molecular flexibility index (Phi) is 4.50. The zero-order valence-electron chi connectivity index (χ0n) is 14.2. The van der Waals surface area contributed by atoms with Gasteiger partial charge in [0, 0.05) is 36.9 Å². The largest absolute Gasteiger partial charge is 0.359 e. The molecule has 0 bridgehead atoms. The van der Waals surface area contributed by atoms with Crippen LogP contribution in [0.1, 0.15) is 5.69 Å². The maximum Gasteiger partial charge on any atom is 0.168 e. The van der Waals surface area contributed by atoms with Gasteiger partial charge in [-0.3, -0.25) is 4.98 Å². The summed E-state index contributed by atoms with van der Waals surface area (Å²) in [7, 11) is 2.02. The van der Waals surface area contributed by atoms with E-state index in [9.17, 15) is 0 Å². The van der Waals surface area contributed by atoms with Crippen molar-refractivity contribution in [3.05, 3.63) is 71.9 Å². The number of fused-ring (bicyclic) bond motifs is 1. The van der Waals surface area contributed by atoms with Crippen molar-refractivity contribution < 1.29 is 0 Å². The monoisotopic (exact) mass is 364 g/mol. The van der Waals surface area contributed by atoms with Crippen LogP contribution in [0.15, 0.2) is 61.2 Å². The second-order valence-electron chi connectivity index (χ2n) is 5.96. The Hall–Kier alpha value is -2.99. The summed E-state index contributed by atoms with van der Waals surface area (Å²) in [5.41, 5.74) is 2.73. The maximum absolute atomic E-state index is 5.98. The number of rotatable bonds is 5. The number of likely N-dealkylation sites (N-methyl/N-ethyl adjacent to an activating group) is 1. The quantitative estimate of drug-likeness (QED) is 0.542. The number of halogens is 1. The van der Waals surface area contributed by atoms with Gasteiger partial charge in [-0.25, -0.2) is 14.6 Å². The van der Waals surface area contributed by atoms with E-state index in [2.05, 4.69) is 25.0 Å². The molecule has 3 aromatic heterocycles. The fourth-order valence-corrected chi connectivity index (χ4v) is 2.97. The van der Waals surface area contributed by atoms with Crippen molar-refractivity contribution in [2.24, 2.45) is 0 Å². The van der Waals surface area contributed by atoms with Gasteiger partial charge in [0.2, 0.25) is 0 Å². The number of hydrogen-bond acceptors (Lipinski definition) is 5. The van der Waals surface area contributed by atoms with Crippen molar-refractivity contribution in [1.29, 1.82) is 0 Å². The highest BCUT2D eigenvalue weighted by atomic mass is 35.5. The molecule has 4 rings (SSSR count). The molecule has 0 unspecified atom stereocenters. The zero-order chi connectivity index (χ0) is 17.9. The average Bonchev–Trinajstić information content (AvgIpc) is 3.12. The summed E-state index contributed by atoms with van der Waals surface area (Å²) in [6, 6.07) is 13.5. The van der Waals surface area contributed by atoms with Crippen LogP contribution in [0.3, 0.4) is 0 Å². The molecule has 26 heavy (non-hydrogen) atoms. The molecular weight excluding hydrogens is 348 g/mol. The van der Waals surface area contributed by atoms with Crippen LogP contribution in [0.2, 0.25) is 5.02 Å². The Morgan fingerprint density at radius 3 is 2.65 bits per heavy atom. The van der Waals surface area contributed by atoms with E-state index in [1.54, 1.807) is 17.2 Å². The minimum absolute atomic E-state index is 0.690. The summed E-state index contributed by atoms with van der Waals surface area (Å²) in [5, 5.41) is 6.09. The standard InChI is InChI=1S/C19H17ClN6/c1-25(11-9-15-4-2-3-10-21-15)18-17-12-24-26(19(17)23-13-22-18)16-7-5-14(20)6-8-16/h2-8,10,12-13H,9,11H2,1H3. The summed E-state index contributed by atoms with van der Waals surface area (Å²) in [6.45, 7) is 0.801. The highest BCUT2D eigenvalue weighted by Gasteiger charge is 2.14. The first-order valence-electron chi connectivity index (χ1n) is 8.28. The lowest BCUT2D eigenvalue weighted by Gasteiger charge is -2.18. The molecule has 4 aromatic rings. The predicted octanol–water partition coefficient (Wildman–Crippen LogP) is 3.54. The van der Waals surface area contributed by atoms with E-state index in [1.807, 2.05) is 55.7 Å². The second kappa shape index (κ2) is 7.09. The van der Waals surface area contributed by atoms with Gasteiger partial charge >= 0.3 is 0 Å². The molecule has 6 nitrogen and oxygen atoms in total. The molecule has 0 aliphatic carbocycles. The molecule has 0 radical (unpaired) electrons. The first-order valence-corrected chi connectivity index (χ1v) is 8.66. The van der Waals surface area contributed by atoms with Gasteiger partial charge < -0.3 is 4.90 Å². The Morgan fingerprint density at radius 1 is 1.04 bits per heavy atom. The highest BCUT2D eigenvalue weighted by Crippen LogP contribution is 2.24. The third-order valence-electron chi connectivity index (χ3n) is 4.21. The summed E-state index contributed by atoms with van der Waals surface area (Å²) in [4.78, 5) is 15.4. The topological polar surface area (TPSA) is 59.7 Å². The second-order valence-corrected chi connectivity index (χ2v) is 6.40. The third kappa shape index (κ3) is 3.23. The van der Waals surface area contributed by atoms with Crippen molar-refractivity contribution in [3.8, 4) is 5.69 Å². The van der Waals surface area contributed by atoms with Gasteiger partial charge in [-0.05, 0) is 36.4 Å². The Balaban J connectivity index is 1.63. The lowest BCUT2D eigenvalue weighted by Crippen LogP contribution is -2.22. The van der Waals surface area contributed by atoms with Crippen molar-refractivity contribution in [2.45, 2.75) is 6.42 Å². The molecule has 0 aliphatic heterocycles. The molecule has 0 spiro atoms. The molecule has 0 saturated heterocycles. The van der Waals surface area contributed by atoms with E-state index in [0.29, 0.717) is 5.02 Å². The van der Waals surface area contributed by atoms with E-state index in [-0.39, 0.29) is 0 Å². The van der Waals surface area contributed by atoms with Gasteiger partial charge in [0.15, 0.2) is 5.65 Å². The molecule has 0 amide bonds. The molecule has 3 heterocycles. The molecule has 0 fully saturated rings. The molecular formula is C19H17ClN6. The van der Waals surface area contributed by atoms with Crippen LogP contribution in [0.25, 0.3) is 16.7 Å². The molecule has 0 aliphatic rings. The minimum Gasteiger partial charge on any atom is -0.359 e. The summed E-state index contributed by atoms with van der Waals surface area (Å²) < 4.78 is 1.80. The lowest BCUT2D eigenvalue weighted by atomic mass is 10.2. The van der Waals surface area contributed by atoms with Crippen molar-refractivity contribution in [1.82, 2.24) is 24.7 Å². The predicted molar refractivity (Wildman–Crippen MR) is 103 cm³/mol. The fourth-order valence-electron chi connectivity index (χ4n) is 2.84. The van der Waals surface area contributed by atoms with Crippen LogP contribution < -0.4 is 4.90 Å². The number of anilines is 1. The summed E-state index contributed by atoms with van der Waals surface area (Å²) in [5.74, 6) is 0.853. The van der Waals surface area contributed by atoms with E-state index in [0.717, 1.165) is 41.2 Å². The maximum atomic E-state index is 5.98. The number of hydrogen-bond donors (Lipinski definition) is 0. The SMILES string of the molecule is CN(CCc1ccccn1)c1ncnc2c1cnn2-c1ccc(Cl)cc1. The van der Waals surface area contributed by atoms with Crippen LogP contribution in [-0.4, -0.2) is 38.3 Å². The summed E-state index contributed by atoms with van der Waals surface area (Å²) in [6.07, 6.45) is 6.03. The van der Waals surface area contributed by atoms with Crippen molar-refractivity contribution in [3.63, 3.8) is 0 Å².